The minimum absolute atomic E-state index is 0.00784. The summed E-state index contributed by atoms with van der Waals surface area (Å²) in [5.74, 6) is -0.802. The first-order chi connectivity index (χ1) is 12.0. The van der Waals surface area contributed by atoms with E-state index in [1.807, 2.05) is 44.3 Å². The van der Waals surface area contributed by atoms with Gasteiger partial charge in [0, 0.05) is 22.0 Å². The molecule has 0 bridgehead atoms. The van der Waals surface area contributed by atoms with Crippen LogP contribution in [-0.2, 0) is 4.79 Å². The SMILES string of the molecule is CC(C)C(Sc1ccc2cnsc2c1-c1ccc(C#N)cc1)C(=O)O. The number of aromatic nitrogens is 1. The minimum atomic E-state index is -0.810. The Morgan fingerprint density at radius 1 is 1.24 bits per heavy atom. The highest BCUT2D eigenvalue weighted by atomic mass is 32.2. The first-order valence-corrected chi connectivity index (χ1v) is 9.44. The van der Waals surface area contributed by atoms with Crippen LogP contribution in [0.5, 0.6) is 0 Å². The summed E-state index contributed by atoms with van der Waals surface area (Å²) in [5.41, 5.74) is 2.55. The van der Waals surface area contributed by atoms with E-state index in [9.17, 15) is 9.90 Å². The van der Waals surface area contributed by atoms with Crippen molar-refractivity contribution >= 4 is 39.3 Å². The molecule has 0 amide bonds. The fraction of sp³-hybridized carbons (Fsp3) is 0.211. The summed E-state index contributed by atoms with van der Waals surface area (Å²) in [7, 11) is 0. The fourth-order valence-corrected chi connectivity index (χ4v) is 4.62. The van der Waals surface area contributed by atoms with Crippen molar-refractivity contribution in [2.75, 3.05) is 0 Å². The largest absolute Gasteiger partial charge is 0.480 e. The summed E-state index contributed by atoms with van der Waals surface area (Å²) in [5, 5.41) is 19.1. The Hall–Kier alpha value is -2.36. The van der Waals surface area contributed by atoms with E-state index in [1.165, 1.54) is 23.3 Å². The van der Waals surface area contributed by atoms with Crippen LogP contribution in [0.3, 0.4) is 0 Å². The van der Waals surface area contributed by atoms with Crippen molar-refractivity contribution < 1.29 is 9.90 Å². The van der Waals surface area contributed by atoms with E-state index < -0.39 is 11.2 Å². The maximum absolute atomic E-state index is 11.6. The molecule has 3 rings (SSSR count). The fourth-order valence-electron chi connectivity index (χ4n) is 2.61. The third-order valence-electron chi connectivity index (χ3n) is 3.89. The monoisotopic (exact) mass is 368 g/mol. The molecule has 0 saturated carbocycles. The maximum Gasteiger partial charge on any atom is 0.317 e. The molecule has 4 nitrogen and oxygen atoms in total. The molecule has 0 aliphatic carbocycles. The van der Waals surface area contributed by atoms with Crippen LogP contribution < -0.4 is 0 Å². The summed E-state index contributed by atoms with van der Waals surface area (Å²) in [6.45, 7) is 3.83. The van der Waals surface area contributed by atoms with Gasteiger partial charge in [0.25, 0.3) is 0 Å². The zero-order chi connectivity index (χ0) is 18.0. The van der Waals surface area contributed by atoms with Crippen LogP contribution in [0.25, 0.3) is 21.2 Å². The van der Waals surface area contributed by atoms with E-state index in [1.54, 1.807) is 12.1 Å². The number of carboxylic acids is 1. The number of nitrogens with zero attached hydrogens (tertiary/aromatic N) is 2. The van der Waals surface area contributed by atoms with Gasteiger partial charge in [0.2, 0.25) is 0 Å². The van der Waals surface area contributed by atoms with E-state index in [2.05, 4.69) is 10.4 Å². The molecule has 0 spiro atoms. The highest BCUT2D eigenvalue weighted by Gasteiger charge is 2.25. The Bertz CT molecular complexity index is 956. The number of hydrogen-bond donors (Lipinski definition) is 1. The minimum Gasteiger partial charge on any atom is -0.480 e. The van der Waals surface area contributed by atoms with Crippen molar-refractivity contribution in [3.05, 3.63) is 48.2 Å². The predicted octanol–water partition coefficient (Wildman–Crippen LogP) is 5.04. The highest BCUT2D eigenvalue weighted by molar-refractivity contribution is 8.00. The van der Waals surface area contributed by atoms with Crippen LogP contribution >= 0.6 is 23.3 Å². The average Bonchev–Trinajstić information content (AvgIpc) is 3.07. The van der Waals surface area contributed by atoms with Crippen molar-refractivity contribution in [1.82, 2.24) is 4.37 Å². The van der Waals surface area contributed by atoms with E-state index in [0.717, 1.165) is 26.1 Å². The molecule has 0 saturated heterocycles. The third kappa shape index (κ3) is 3.53. The maximum atomic E-state index is 11.6. The Morgan fingerprint density at radius 3 is 2.56 bits per heavy atom. The van der Waals surface area contributed by atoms with Crippen LogP contribution in [0.2, 0.25) is 0 Å². The Labute approximate surface area is 154 Å². The molecule has 0 radical (unpaired) electrons. The zero-order valence-corrected chi connectivity index (χ0v) is 15.4. The van der Waals surface area contributed by atoms with Gasteiger partial charge in [-0.3, -0.25) is 4.79 Å². The lowest BCUT2D eigenvalue weighted by atomic mass is 10.0. The molecule has 3 aromatic rings. The van der Waals surface area contributed by atoms with E-state index in [0.29, 0.717) is 5.56 Å². The van der Waals surface area contributed by atoms with Gasteiger partial charge in [0.15, 0.2) is 0 Å². The van der Waals surface area contributed by atoms with Gasteiger partial charge in [-0.2, -0.15) is 9.64 Å². The van der Waals surface area contributed by atoms with Crippen molar-refractivity contribution in [3.8, 4) is 17.2 Å². The Kier molecular flexibility index (Phi) is 5.07. The predicted molar refractivity (Wildman–Crippen MR) is 102 cm³/mol. The van der Waals surface area contributed by atoms with Gasteiger partial charge in [0.1, 0.15) is 5.25 Å². The first kappa shape index (κ1) is 17.5. The molecule has 1 unspecified atom stereocenters. The summed E-state index contributed by atoms with van der Waals surface area (Å²) in [4.78, 5) is 12.5. The molecule has 2 aromatic carbocycles. The Morgan fingerprint density at radius 2 is 1.96 bits per heavy atom. The second-order valence-corrected chi connectivity index (χ2v) is 7.98. The van der Waals surface area contributed by atoms with Crippen LogP contribution in [-0.4, -0.2) is 20.7 Å². The molecular formula is C19H16N2O2S2. The van der Waals surface area contributed by atoms with Gasteiger partial charge in [0.05, 0.1) is 16.3 Å². The van der Waals surface area contributed by atoms with Gasteiger partial charge >= 0.3 is 5.97 Å². The van der Waals surface area contributed by atoms with Gasteiger partial charge in [-0.15, -0.1) is 11.8 Å². The molecule has 0 aliphatic heterocycles. The topological polar surface area (TPSA) is 74.0 Å². The standard InChI is InChI=1S/C19H16N2O2S2/c1-11(2)17(19(22)23)24-15-8-7-14-10-21-25-18(14)16(15)13-5-3-12(9-20)4-6-13/h3-8,10-11,17H,1-2H3,(H,22,23). The number of carbonyl (C=O) groups is 1. The van der Waals surface area contributed by atoms with E-state index >= 15 is 0 Å². The van der Waals surface area contributed by atoms with Gasteiger partial charge in [-0.05, 0) is 41.2 Å². The third-order valence-corrected chi connectivity index (χ3v) is 6.32. The molecular weight excluding hydrogens is 352 g/mol. The van der Waals surface area contributed by atoms with Crippen LogP contribution in [0.15, 0.2) is 47.5 Å². The van der Waals surface area contributed by atoms with E-state index in [4.69, 9.17) is 5.26 Å². The summed E-state index contributed by atoms with van der Waals surface area (Å²) in [6, 6.07) is 13.4. The zero-order valence-electron chi connectivity index (χ0n) is 13.8. The molecule has 6 heteroatoms. The number of carboxylic acid groups (broad SMARTS) is 1. The number of rotatable bonds is 5. The number of nitriles is 1. The van der Waals surface area contributed by atoms with Crippen LogP contribution in [0, 0.1) is 17.2 Å². The van der Waals surface area contributed by atoms with Crippen molar-refractivity contribution in [2.45, 2.75) is 24.0 Å². The van der Waals surface area contributed by atoms with Gasteiger partial charge in [-0.25, -0.2) is 0 Å². The normalized spacial score (nSPS) is 12.2. The molecule has 1 aromatic heterocycles. The van der Waals surface area contributed by atoms with E-state index in [-0.39, 0.29) is 5.92 Å². The number of hydrogen-bond acceptors (Lipinski definition) is 5. The second kappa shape index (κ2) is 7.26. The molecule has 126 valence electrons. The molecule has 1 atom stereocenters. The molecule has 25 heavy (non-hydrogen) atoms. The van der Waals surface area contributed by atoms with Gasteiger partial charge in [-0.1, -0.05) is 32.0 Å². The quantitative estimate of drug-likeness (QED) is 0.639. The van der Waals surface area contributed by atoms with Gasteiger partial charge < -0.3 is 5.11 Å². The number of benzene rings is 2. The molecule has 1 N–H and O–H groups in total. The van der Waals surface area contributed by atoms with Crippen molar-refractivity contribution in [3.63, 3.8) is 0 Å². The summed E-state index contributed by atoms with van der Waals surface area (Å²) < 4.78 is 5.31. The number of fused-ring (bicyclic) bond motifs is 1. The highest BCUT2D eigenvalue weighted by Crippen LogP contribution is 2.42. The van der Waals surface area contributed by atoms with Crippen molar-refractivity contribution in [2.24, 2.45) is 5.92 Å². The first-order valence-electron chi connectivity index (χ1n) is 7.78. The summed E-state index contributed by atoms with van der Waals surface area (Å²) >= 11 is 2.77. The lowest BCUT2D eigenvalue weighted by Crippen LogP contribution is -2.22. The molecule has 1 heterocycles. The molecule has 0 fully saturated rings. The number of aliphatic carboxylic acids is 1. The Balaban J connectivity index is 2.15. The van der Waals surface area contributed by atoms with Crippen LogP contribution in [0.1, 0.15) is 19.4 Å². The lowest BCUT2D eigenvalue weighted by Gasteiger charge is -2.18. The number of thioether (sulfide) groups is 1. The average molecular weight is 368 g/mol. The van der Waals surface area contributed by atoms with Crippen molar-refractivity contribution in [1.29, 1.82) is 5.26 Å². The van der Waals surface area contributed by atoms with Crippen LogP contribution in [0.4, 0.5) is 0 Å². The lowest BCUT2D eigenvalue weighted by molar-refractivity contribution is -0.137. The summed E-state index contributed by atoms with van der Waals surface area (Å²) in [6.07, 6.45) is 1.82. The molecule has 0 aliphatic rings. The smallest absolute Gasteiger partial charge is 0.317 e. The second-order valence-electron chi connectivity index (χ2n) is 5.99.